The van der Waals surface area contributed by atoms with Crippen LogP contribution in [0.4, 0.5) is 11.4 Å². The molecule has 9 heteroatoms. The van der Waals surface area contributed by atoms with E-state index in [2.05, 4.69) is 0 Å². The molecule has 1 fully saturated rings. The fourth-order valence-corrected chi connectivity index (χ4v) is 3.24. The molecule has 0 unspecified atom stereocenters. The van der Waals surface area contributed by atoms with E-state index in [0.717, 1.165) is 11.3 Å². The lowest BCUT2D eigenvalue weighted by Crippen LogP contribution is -2.49. The summed E-state index contributed by atoms with van der Waals surface area (Å²) in [7, 11) is 0. The third-order valence-corrected chi connectivity index (χ3v) is 4.89. The number of piperazine rings is 1. The van der Waals surface area contributed by atoms with Crippen molar-refractivity contribution in [3.63, 3.8) is 0 Å². The number of non-ortho nitro benzene ring substituents is 1. The molecule has 0 aromatic heterocycles. The molecule has 2 aromatic rings. The van der Waals surface area contributed by atoms with E-state index in [-0.39, 0.29) is 18.2 Å². The van der Waals surface area contributed by atoms with Gasteiger partial charge in [0.2, 0.25) is 0 Å². The Morgan fingerprint density at radius 2 is 1.80 bits per heavy atom. The molecule has 156 valence electrons. The summed E-state index contributed by atoms with van der Waals surface area (Å²) in [5.74, 6) is -0.865. The highest BCUT2D eigenvalue weighted by Gasteiger charge is 2.22. The Bertz CT molecular complexity index is 953. The highest BCUT2D eigenvalue weighted by molar-refractivity contribution is 6.30. The van der Waals surface area contributed by atoms with E-state index in [9.17, 15) is 19.7 Å². The first-order valence-electron chi connectivity index (χ1n) is 9.30. The number of esters is 1. The minimum atomic E-state index is -0.604. The maximum Gasteiger partial charge on any atom is 0.331 e. The lowest BCUT2D eigenvalue weighted by molar-refractivity contribution is -0.384. The number of nitrogens with zero attached hydrogens (tertiary/aromatic N) is 3. The minimum absolute atomic E-state index is 0.0405. The molecule has 1 amide bonds. The minimum Gasteiger partial charge on any atom is -0.452 e. The fourth-order valence-electron chi connectivity index (χ4n) is 3.05. The Kier molecular flexibility index (Phi) is 7.03. The zero-order valence-corrected chi connectivity index (χ0v) is 16.8. The number of rotatable bonds is 6. The lowest BCUT2D eigenvalue weighted by atomic mass is 10.2. The second kappa shape index (κ2) is 9.89. The Hall–Kier alpha value is -3.39. The molecule has 3 rings (SSSR count). The van der Waals surface area contributed by atoms with Crippen molar-refractivity contribution in [2.75, 3.05) is 37.7 Å². The van der Waals surface area contributed by atoms with E-state index in [1.165, 1.54) is 18.2 Å². The summed E-state index contributed by atoms with van der Waals surface area (Å²) < 4.78 is 5.03. The standard InChI is InChI=1S/C21H20ClN3O5/c22-17-3-1-2-16(14-17)4-9-21(27)30-15-20(26)24-12-10-23(11-13-24)18-5-7-19(8-6-18)25(28)29/h1-9,14H,10-13,15H2/b9-4+. The Morgan fingerprint density at radius 3 is 2.43 bits per heavy atom. The number of halogens is 1. The van der Waals surface area contributed by atoms with E-state index < -0.39 is 10.9 Å². The highest BCUT2D eigenvalue weighted by Crippen LogP contribution is 2.20. The summed E-state index contributed by atoms with van der Waals surface area (Å²) >= 11 is 5.89. The Balaban J connectivity index is 1.43. The molecule has 1 aliphatic rings. The first-order chi connectivity index (χ1) is 14.4. The third kappa shape index (κ3) is 5.81. The van der Waals surface area contributed by atoms with Crippen molar-refractivity contribution in [1.82, 2.24) is 4.90 Å². The van der Waals surface area contributed by atoms with E-state index in [4.69, 9.17) is 16.3 Å². The smallest absolute Gasteiger partial charge is 0.331 e. The van der Waals surface area contributed by atoms with Gasteiger partial charge in [-0.25, -0.2) is 4.79 Å². The van der Waals surface area contributed by atoms with Crippen LogP contribution in [-0.4, -0.2) is 54.5 Å². The van der Waals surface area contributed by atoms with Crippen LogP contribution in [0.15, 0.2) is 54.6 Å². The number of amides is 1. The molecule has 0 N–H and O–H groups in total. The van der Waals surface area contributed by atoms with Gasteiger partial charge in [-0.3, -0.25) is 14.9 Å². The summed E-state index contributed by atoms with van der Waals surface area (Å²) in [5.41, 5.74) is 1.66. The van der Waals surface area contributed by atoms with Gasteiger partial charge >= 0.3 is 5.97 Å². The van der Waals surface area contributed by atoms with Crippen LogP contribution < -0.4 is 4.90 Å². The fraction of sp³-hybridized carbons (Fsp3) is 0.238. The first kappa shape index (κ1) is 21.3. The topological polar surface area (TPSA) is 93.0 Å². The number of hydrogen-bond acceptors (Lipinski definition) is 6. The summed E-state index contributed by atoms with van der Waals surface area (Å²) in [6.45, 7) is 1.81. The van der Waals surface area contributed by atoms with Crippen molar-refractivity contribution in [2.24, 2.45) is 0 Å². The lowest BCUT2D eigenvalue weighted by Gasteiger charge is -2.36. The number of hydrogen-bond donors (Lipinski definition) is 0. The summed E-state index contributed by atoms with van der Waals surface area (Å²) in [5, 5.41) is 11.3. The number of anilines is 1. The van der Waals surface area contributed by atoms with Crippen molar-refractivity contribution in [1.29, 1.82) is 0 Å². The van der Waals surface area contributed by atoms with Gasteiger partial charge in [0.15, 0.2) is 6.61 Å². The number of ether oxygens (including phenoxy) is 1. The molecule has 0 aliphatic carbocycles. The Morgan fingerprint density at radius 1 is 1.10 bits per heavy atom. The van der Waals surface area contributed by atoms with E-state index in [1.807, 2.05) is 4.90 Å². The van der Waals surface area contributed by atoms with Gasteiger partial charge in [-0.05, 0) is 35.9 Å². The molecule has 30 heavy (non-hydrogen) atoms. The molecule has 1 saturated heterocycles. The molecule has 2 aromatic carbocycles. The van der Waals surface area contributed by atoms with Gasteiger partial charge in [0.25, 0.3) is 11.6 Å². The molecule has 0 atom stereocenters. The molecule has 0 saturated carbocycles. The van der Waals surface area contributed by atoms with Gasteiger partial charge in [0.1, 0.15) is 0 Å². The average molecular weight is 430 g/mol. The van der Waals surface area contributed by atoms with Crippen LogP contribution in [-0.2, 0) is 14.3 Å². The summed E-state index contributed by atoms with van der Waals surface area (Å²) in [4.78, 5) is 38.1. The predicted molar refractivity (Wildman–Crippen MR) is 113 cm³/mol. The average Bonchev–Trinajstić information content (AvgIpc) is 2.76. The SMILES string of the molecule is O=C(/C=C/c1cccc(Cl)c1)OCC(=O)N1CCN(c2ccc([N+](=O)[O-])cc2)CC1. The molecule has 0 spiro atoms. The van der Waals surface area contributed by atoms with Crippen LogP contribution in [0.5, 0.6) is 0 Å². The van der Waals surface area contributed by atoms with Crippen LogP contribution in [0, 0.1) is 10.1 Å². The normalized spacial score (nSPS) is 14.0. The number of benzene rings is 2. The molecular weight excluding hydrogens is 410 g/mol. The van der Waals surface area contributed by atoms with Crippen LogP contribution >= 0.6 is 11.6 Å². The molecule has 8 nitrogen and oxygen atoms in total. The Labute approximate surface area is 178 Å². The zero-order valence-electron chi connectivity index (χ0n) is 16.1. The van der Waals surface area contributed by atoms with Crippen molar-refractivity contribution < 1.29 is 19.2 Å². The van der Waals surface area contributed by atoms with Gasteiger partial charge < -0.3 is 14.5 Å². The number of carbonyl (C=O) groups is 2. The van der Waals surface area contributed by atoms with E-state index in [0.29, 0.717) is 31.2 Å². The predicted octanol–water partition coefficient (Wildman–Crippen LogP) is 3.15. The van der Waals surface area contributed by atoms with Gasteiger partial charge in [-0.2, -0.15) is 0 Å². The molecule has 1 heterocycles. The second-order valence-corrected chi connectivity index (χ2v) is 7.07. The van der Waals surface area contributed by atoms with Crippen LogP contribution in [0.2, 0.25) is 5.02 Å². The summed E-state index contributed by atoms with van der Waals surface area (Å²) in [6.07, 6.45) is 2.83. The monoisotopic (exact) mass is 429 g/mol. The number of carbonyl (C=O) groups excluding carboxylic acids is 2. The zero-order chi connectivity index (χ0) is 21.5. The van der Waals surface area contributed by atoms with Crippen molar-refractivity contribution in [3.05, 3.63) is 75.3 Å². The van der Waals surface area contributed by atoms with Gasteiger partial charge in [0, 0.05) is 55.1 Å². The van der Waals surface area contributed by atoms with Gasteiger partial charge in [-0.15, -0.1) is 0 Å². The third-order valence-electron chi connectivity index (χ3n) is 4.66. The molecular formula is C21H20ClN3O5. The van der Waals surface area contributed by atoms with Crippen molar-refractivity contribution >= 4 is 40.9 Å². The molecule has 1 aliphatic heterocycles. The first-order valence-corrected chi connectivity index (χ1v) is 9.68. The van der Waals surface area contributed by atoms with Crippen LogP contribution in [0.1, 0.15) is 5.56 Å². The van der Waals surface area contributed by atoms with Crippen molar-refractivity contribution in [2.45, 2.75) is 0 Å². The largest absolute Gasteiger partial charge is 0.452 e. The molecule has 0 radical (unpaired) electrons. The number of nitro benzene ring substituents is 1. The second-order valence-electron chi connectivity index (χ2n) is 6.64. The van der Waals surface area contributed by atoms with Crippen molar-refractivity contribution in [3.8, 4) is 0 Å². The quantitative estimate of drug-likeness (QED) is 0.303. The summed E-state index contributed by atoms with van der Waals surface area (Å²) in [6, 6.07) is 13.3. The van der Waals surface area contributed by atoms with Crippen LogP contribution in [0.25, 0.3) is 6.08 Å². The van der Waals surface area contributed by atoms with Gasteiger partial charge in [-0.1, -0.05) is 23.7 Å². The maximum absolute atomic E-state index is 12.3. The highest BCUT2D eigenvalue weighted by atomic mass is 35.5. The van der Waals surface area contributed by atoms with Crippen LogP contribution in [0.3, 0.4) is 0 Å². The van der Waals surface area contributed by atoms with Gasteiger partial charge in [0.05, 0.1) is 4.92 Å². The number of nitro groups is 1. The van der Waals surface area contributed by atoms with E-state index in [1.54, 1.807) is 47.4 Å². The molecule has 0 bridgehead atoms. The van der Waals surface area contributed by atoms with E-state index >= 15 is 0 Å². The maximum atomic E-state index is 12.3.